The standard InChI is InChI=1S/C28H39N5O3.C20H28BF3N2O3.C14H20IN3O2.C10H12FIN2O.C5H2F2IN.C5H11NO.C4H9NO.ClH.H2S/c1-3-21-7-10-33(18-21)27(35)29-23-6-5-20(2)24(17-23)22-15-25(31-28(19-34)8-4-9-28)30-26(16-22)32-11-13-36-14-12-32;1-13-6-7-15(10-16(13)21-28-18(2,3)19(4,5)29-21)25-17(27)26-9-8-14(12-26)11-20(22,23)24;15-11-8-12(17-14(10-19)2-1-3-14)16-13(9-11)18-4-6-20-7-5-18;11-8-4-7(12)5-9(13-8)14-10(6-15)2-1-3-10;6-4-1-3(8)2-5(7)9-4;6-5(4-7)2-1-3-5;1-3-6-4-2-5-1;;/h5-6,15-17,21,34H,3-4,7-14,18-19H2,1-2H3,(H,29,35)(H,30,31);6-7,10,14H,8-9,11-12H2,1-5H3,(H,25,27);8-9,19H,1-7,10H2,(H,16,17);4-5,15H,1-3,6H2,(H,13,14);1-2H;7H,1-4,6H2;5H,1-4H2;1H;1H2/t21-;14-;;;;;;;/m10......./s1. The molecule has 10 aliphatic rings. The number of morpholine rings is 3. The van der Waals surface area contributed by atoms with Gasteiger partial charge >= 0.3 is 25.4 Å². The predicted octanol–water partition coefficient (Wildman–Crippen LogP) is 14.6. The number of aliphatic hydroxyl groups is 4. The molecule has 2 aromatic carbocycles. The monoisotopic (exact) mass is 2120 g/mol. The van der Waals surface area contributed by atoms with E-state index in [9.17, 15) is 51.3 Å². The Morgan fingerprint density at radius 2 is 0.952 bits per heavy atom. The molecule has 10 fully saturated rings. The molecule has 0 unspecified atom stereocenters. The van der Waals surface area contributed by atoms with Crippen LogP contribution >= 0.6 is 93.7 Å². The lowest BCUT2D eigenvalue weighted by Crippen LogP contribution is -2.49. The number of halogens is 10. The van der Waals surface area contributed by atoms with Crippen molar-refractivity contribution in [3.05, 3.63) is 125 Å². The predicted molar refractivity (Wildman–Crippen MR) is 508 cm³/mol. The van der Waals surface area contributed by atoms with Crippen molar-refractivity contribution in [3.63, 3.8) is 0 Å². The Morgan fingerprint density at radius 3 is 1.34 bits per heavy atom. The molecule has 16 rings (SSSR count). The van der Waals surface area contributed by atoms with Crippen LogP contribution in [-0.4, -0.2) is 240 Å². The van der Waals surface area contributed by atoms with E-state index in [-0.39, 0.29) is 87.1 Å². The summed E-state index contributed by atoms with van der Waals surface area (Å²) < 4.78 is 106. The Balaban J connectivity index is 0.000000193. The molecule has 6 saturated heterocycles. The van der Waals surface area contributed by atoms with Gasteiger partial charge in [-0.1, -0.05) is 31.0 Å². The Morgan fingerprint density at radius 1 is 0.540 bits per heavy atom. The third-order valence-electron chi connectivity index (χ3n) is 24.4. The molecule has 688 valence electrons. The second-order valence-corrected chi connectivity index (χ2v) is 38.0. The van der Waals surface area contributed by atoms with E-state index in [1.54, 1.807) is 18.2 Å². The molecule has 4 amide bonds. The first-order valence-electron chi connectivity index (χ1n) is 42.3. The number of hydrogen-bond acceptors (Lipinski definition) is 22. The van der Waals surface area contributed by atoms with Crippen LogP contribution in [0, 0.1) is 54.2 Å². The fourth-order valence-corrected chi connectivity index (χ4v) is 16.9. The number of nitrogens with one attached hydrogen (secondary N) is 6. The van der Waals surface area contributed by atoms with E-state index in [0.717, 1.165) is 232 Å². The number of likely N-dealkylation sites (tertiary alicyclic amines) is 2. The quantitative estimate of drug-likeness (QED) is 0.0165. The van der Waals surface area contributed by atoms with Crippen molar-refractivity contribution in [2.45, 2.75) is 191 Å². The van der Waals surface area contributed by atoms with Gasteiger partial charge < -0.3 is 101 Å². The Kier molecular flexibility index (Phi) is 40.2. The largest absolute Gasteiger partial charge is 0.495 e. The van der Waals surface area contributed by atoms with Crippen molar-refractivity contribution in [2.75, 3.05) is 168 Å². The number of carbonyl (C=O) groups is 2. The summed E-state index contributed by atoms with van der Waals surface area (Å²) in [7, 11) is -0.556. The first-order chi connectivity index (χ1) is 58.0. The summed E-state index contributed by atoms with van der Waals surface area (Å²) in [5.74, 6) is 2.06. The number of rotatable bonds is 18. The first kappa shape index (κ1) is 104. The number of aromatic nitrogens is 4. The molecular formula is C86H124BClF6I3N15O11S. The lowest BCUT2D eigenvalue weighted by molar-refractivity contribution is -0.143. The van der Waals surface area contributed by atoms with Gasteiger partial charge in [0.15, 0.2) is 0 Å². The second-order valence-electron chi connectivity index (χ2n) is 34.2. The maximum Gasteiger partial charge on any atom is 0.495 e. The van der Waals surface area contributed by atoms with Gasteiger partial charge in [-0.2, -0.15) is 44.8 Å². The number of aryl methyl sites for hydroxylation is 2. The average molecular weight is 2120 g/mol. The average Bonchev–Trinajstić information content (AvgIpc) is 1.63. The topological polar surface area (TPSA) is 324 Å². The molecule has 4 aliphatic carbocycles. The van der Waals surface area contributed by atoms with Crippen molar-refractivity contribution in [1.82, 2.24) is 35.1 Å². The smallest absolute Gasteiger partial charge is 0.399 e. The number of carbonyl (C=O) groups excluding carboxylic acids is 2. The normalized spacial score (nSPS) is 20.7. The maximum absolute atomic E-state index is 13.0. The van der Waals surface area contributed by atoms with Crippen molar-refractivity contribution in [1.29, 1.82) is 0 Å². The molecule has 2 atom stereocenters. The lowest BCUT2D eigenvalue weighted by atomic mass is 9.76. The minimum absolute atomic E-state index is 0. The van der Waals surface area contributed by atoms with Crippen LogP contribution < -0.4 is 52.9 Å². The van der Waals surface area contributed by atoms with E-state index in [4.69, 9.17) is 44.3 Å². The van der Waals surface area contributed by atoms with E-state index in [1.165, 1.54) is 23.8 Å². The van der Waals surface area contributed by atoms with Gasteiger partial charge in [-0.05, 0) is 288 Å². The third-order valence-corrected chi connectivity index (χ3v) is 26.2. The van der Waals surface area contributed by atoms with Crippen molar-refractivity contribution in [3.8, 4) is 11.1 Å². The first-order valence-corrected chi connectivity index (χ1v) is 45.6. The van der Waals surface area contributed by atoms with E-state index in [2.05, 4.69) is 118 Å². The summed E-state index contributed by atoms with van der Waals surface area (Å²) in [6.45, 7) is 26.8. The Bertz CT molecular complexity index is 4270. The molecular weight excluding hydrogens is 1990 g/mol. The summed E-state index contributed by atoms with van der Waals surface area (Å²) in [5, 5.41) is 56.5. The number of pyridine rings is 4. The van der Waals surface area contributed by atoms with E-state index in [0.29, 0.717) is 47.2 Å². The van der Waals surface area contributed by atoms with Crippen LogP contribution in [0.2, 0.25) is 0 Å². The number of hydrogen-bond donors (Lipinski definition) is 11. The van der Waals surface area contributed by atoms with Crippen molar-refractivity contribution >= 4 is 159 Å². The summed E-state index contributed by atoms with van der Waals surface area (Å²) >= 11 is 6.17. The van der Waals surface area contributed by atoms with Crippen LogP contribution in [-0.2, 0) is 23.5 Å². The molecule has 0 bridgehead atoms. The minimum Gasteiger partial charge on any atom is -0.399 e. The summed E-state index contributed by atoms with van der Waals surface area (Å²) in [6.07, 6.45) is 9.83. The summed E-state index contributed by atoms with van der Waals surface area (Å²) in [4.78, 5) is 49.6. The molecule has 6 aromatic rings. The van der Waals surface area contributed by atoms with Gasteiger partial charge in [-0.15, -0.1) is 12.4 Å². The minimum atomic E-state index is -4.20. The highest BCUT2D eigenvalue weighted by Crippen LogP contribution is 2.42. The summed E-state index contributed by atoms with van der Waals surface area (Å²) in [6, 6.07) is 24.9. The van der Waals surface area contributed by atoms with Crippen LogP contribution in [0.25, 0.3) is 11.1 Å². The second kappa shape index (κ2) is 48.0. The van der Waals surface area contributed by atoms with Crippen LogP contribution in [0.5, 0.6) is 0 Å². The molecule has 0 spiro atoms. The third kappa shape index (κ3) is 30.6. The molecule has 6 aliphatic heterocycles. The number of alkyl halides is 3. The molecule has 10 heterocycles. The zero-order chi connectivity index (χ0) is 88.1. The number of urea groups is 2. The molecule has 26 nitrogen and oxygen atoms in total. The van der Waals surface area contributed by atoms with Gasteiger partial charge in [-0.3, -0.25) is 0 Å². The highest BCUT2D eigenvalue weighted by atomic mass is 127. The van der Waals surface area contributed by atoms with Crippen LogP contribution in [0.1, 0.15) is 148 Å². The zero-order valence-corrected chi connectivity index (χ0v) is 80.2. The van der Waals surface area contributed by atoms with E-state index < -0.39 is 60.7 Å². The van der Waals surface area contributed by atoms with Gasteiger partial charge in [0.05, 0.1) is 93.9 Å². The highest BCUT2D eigenvalue weighted by Gasteiger charge is 2.52. The summed E-state index contributed by atoms with van der Waals surface area (Å²) in [5.41, 5.74) is 10.1. The lowest BCUT2D eigenvalue weighted by Gasteiger charge is -2.41. The number of ether oxygens (including phenoxy) is 3. The fourth-order valence-electron chi connectivity index (χ4n) is 15.3. The Labute approximate surface area is 779 Å². The fraction of sp³-hybridized carbons (Fsp3) is 0.605. The number of nitrogens with zero attached hydrogens (tertiary/aromatic N) is 8. The number of aliphatic hydroxyl groups excluding tert-OH is 4. The van der Waals surface area contributed by atoms with Crippen LogP contribution in [0.15, 0.2) is 84.9 Å². The molecule has 4 saturated carbocycles. The van der Waals surface area contributed by atoms with Gasteiger partial charge in [0.25, 0.3) is 0 Å². The SMILES string of the molecule is C1COCCN1.CC[C@@H]1CCN(C(=O)Nc2ccc(C)c(-c3cc(NC4(CO)CCC4)nc(N4CCOCC4)c3)c2)C1.Cc1ccc(NC(=O)N2CC[C@@H](CC(F)(F)F)C2)cc1B1OC(C)(C)C(C)(C)O1.Cl.Fc1cc(I)cc(F)n1.NC1(CO)CCC1.OCC1(Nc2cc(I)cc(F)n2)CCC1.OCC1(Nc2cc(I)cc(N3CCOCC3)n2)CCC1.S. The molecule has 4 aromatic heterocycles. The van der Waals surface area contributed by atoms with E-state index in [1.807, 2.05) is 103 Å². The zero-order valence-electron chi connectivity index (χ0n) is 71.9. The molecule has 12 N–H and O–H groups in total. The molecule has 0 radical (unpaired) electrons. The number of benzene rings is 2. The van der Waals surface area contributed by atoms with Crippen LogP contribution in [0.4, 0.5) is 76.4 Å². The number of amides is 4. The van der Waals surface area contributed by atoms with Gasteiger partial charge in [0.2, 0.25) is 17.8 Å². The van der Waals surface area contributed by atoms with Crippen LogP contribution in [0.3, 0.4) is 0 Å². The van der Waals surface area contributed by atoms with Crippen molar-refractivity contribution in [2.24, 2.45) is 17.6 Å². The van der Waals surface area contributed by atoms with Gasteiger partial charge in [-0.25, -0.2) is 24.5 Å². The molecule has 38 heteroatoms. The van der Waals surface area contributed by atoms with Crippen molar-refractivity contribution < 1.29 is 79.9 Å². The molecule has 124 heavy (non-hydrogen) atoms. The Hall–Kier alpha value is -5.39. The number of anilines is 7. The van der Waals surface area contributed by atoms with Gasteiger partial charge in [0, 0.05) is 118 Å². The van der Waals surface area contributed by atoms with E-state index >= 15 is 0 Å². The van der Waals surface area contributed by atoms with Gasteiger partial charge in [0.1, 0.15) is 29.1 Å². The number of nitrogens with two attached hydrogens (primary N) is 1. The maximum atomic E-state index is 13.0. The highest BCUT2D eigenvalue weighted by molar-refractivity contribution is 14.1.